The number of anilines is 1. The molecule has 10 heteroatoms. The van der Waals surface area contributed by atoms with Crippen LogP contribution in [0.4, 0.5) is 19.0 Å². The molecule has 0 saturated heterocycles. The monoisotopic (exact) mass is 707 g/mol. The summed E-state index contributed by atoms with van der Waals surface area (Å²) in [7, 11) is 1.97. The number of aliphatic imine (C=N–C) groups is 1. The van der Waals surface area contributed by atoms with Gasteiger partial charge in [0, 0.05) is 57.4 Å². The van der Waals surface area contributed by atoms with Crippen LogP contribution >= 0.6 is 0 Å². The van der Waals surface area contributed by atoms with Crippen LogP contribution in [0.15, 0.2) is 77.3 Å². The molecule has 0 fully saturated rings. The van der Waals surface area contributed by atoms with E-state index in [9.17, 15) is 18.0 Å². The molecule has 3 rings (SSSR count). The van der Waals surface area contributed by atoms with E-state index in [2.05, 4.69) is 39.3 Å². The second-order valence-electron chi connectivity index (χ2n) is 7.57. The van der Waals surface area contributed by atoms with Crippen molar-refractivity contribution in [2.45, 2.75) is 26.3 Å². The van der Waals surface area contributed by atoms with Crippen molar-refractivity contribution in [3.63, 3.8) is 0 Å². The second-order valence-corrected chi connectivity index (χ2v) is 7.57. The molecule has 0 bridgehead atoms. The van der Waals surface area contributed by atoms with Crippen LogP contribution in [0.2, 0.25) is 0 Å². The van der Waals surface area contributed by atoms with Crippen LogP contribution in [0.5, 0.6) is 5.75 Å². The fourth-order valence-corrected chi connectivity index (χ4v) is 3.18. The summed E-state index contributed by atoms with van der Waals surface area (Å²) in [6, 6.07) is 12.0. The zero-order valence-corrected chi connectivity index (χ0v) is 23.5. The molecule has 35 heavy (non-hydrogen) atoms. The Hall–Kier alpha value is -2.83. The Kier molecular flexibility index (Phi) is 10.4. The first-order chi connectivity index (χ1) is 16.1. The van der Waals surface area contributed by atoms with Crippen LogP contribution in [0, 0.1) is 31.1 Å². The Morgan fingerprint density at radius 2 is 1.91 bits per heavy atom. The van der Waals surface area contributed by atoms with Gasteiger partial charge in [0.25, 0.3) is 0 Å². The number of ether oxygens (including phenoxy) is 1. The molecule has 0 N–H and O–H groups in total. The van der Waals surface area contributed by atoms with E-state index in [0.29, 0.717) is 23.4 Å². The summed E-state index contributed by atoms with van der Waals surface area (Å²) < 4.78 is 42.3. The smallest absolute Gasteiger partial charge is 0.406 e. The van der Waals surface area contributed by atoms with Crippen LogP contribution in [-0.4, -0.2) is 35.7 Å². The molecule has 6 nitrogen and oxygen atoms in total. The van der Waals surface area contributed by atoms with Gasteiger partial charge in [-0.15, -0.1) is 31.4 Å². The number of nitrogens with zero attached hydrogens (tertiary/aromatic N) is 4. The number of rotatable bonds is 9. The van der Waals surface area contributed by atoms with E-state index in [4.69, 9.17) is 0 Å². The maximum atomic E-state index is 12.4. The quantitative estimate of drug-likeness (QED) is 0.232. The molecule has 0 radical (unpaired) electrons. The van der Waals surface area contributed by atoms with Crippen LogP contribution in [0.3, 0.4) is 0 Å². The molecule has 0 aliphatic rings. The zero-order chi connectivity index (χ0) is 24.7. The van der Waals surface area contributed by atoms with Gasteiger partial charge in [-0.25, -0.2) is 4.98 Å². The van der Waals surface area contributed by atoms with E-state index < -0.39 is 6.36 Å². The summed E-state index contributed by atoms with van der Waals surface area (Å²) in [6.07, 6.45) is 2.42. The van der Waals surface area contributed by atoms with Crippen LogP contribution < -0.4 is 15.2 Å². The van der Waals surface area contributed by atoms with Gasteiger partial charge in [0.15, 0.2) is 0 Å². The third kappa shape index (κ3) is 8.71. The molecule has 1 aromatic carbocycles. The van der Waals surface area contributed by atoms with Crippen molar-refractivity contribution in [3.05, 3.63) is 94.5 Å². The molecule has 0 unspecified atom stereocenters. The molecule has 0 amide bonds. The zero-order valence-electron chi connectivity index (χ0n) is 19.3. The summed E-state index contributed by atoms with van der Waals surface area (Å²) in [6.45, 7) is 7.14. The average molecular weight is 708 g/mol. The molecule has 182 valence electrons. The third-order valence-corrected chi connectivity index (χ3v) is 4.84. The van der Waals surface area contributed by atoms with E-state index in [1.54, 1.807) is 23.0 Å². The largest absolute Gasteiger partial charge is 0.573 e. The van der Waals surface area contributed by atoms with E-state index >= 15 is 0 Å². The molecule has 0 saturated carbocycles. The van der Waals surface area contributed by atoms with Crippen molar-refractivity contribution in [3.8, 4) is 5.75 Å². The number of halogens is 3. The van der Waals surface area contributed by atoms with E-state index in [0.717, 1.165) is 24.3 Å². The average Bonchev–Trinajstić information content (AvgIpc) is 2.79. The number of aromatic nitrogens is 2. The first kappa shape index (κ1) is 28.4. The Bertz CT molecular complexity index is 1220. The van der Waals surface area contributed by atoms with Gasteiger partial charge in [-0.2, -0.15) is 0 Å². The van der Waals surface area contributed by atoms with Crippen LogP contribution in [0.25, 0.3) is 5.70 Å². The Morgan fingerprint density at radius 1 is 1.20 bits per heavy atom. The minimum absolute atomic E-state index is 0. The van der Waals surface area contributed by atoms with E-state index in [1.807, 2.05) is 19.2 Å². The molecule has 3 aromatic rings. The van der Waals surface area contributed by atoms with E-state index in [-0.39, 0.29) is 42.4 Å². The van der Waals surface area contributed by atoms with E-state index in [1.165, 1.54) is 30.3 Å². The molecule has 0 spiro atoms. The van der Waals surface area contributed by atoms with Gasteiger partial charge in [-0.3, -0.25) is 4.79 Å². The molecular weight excluding hydrogens is 683 g/mol. The number of hydrogen-bond acceptors (Lipinski definition) is 5. The van der Waals surface area contributed by atoms with Gasteiger partial charge in [0.05, 0.1) is 0 Å². The summed E-state index contributed by atoms with van der Waals surface area (Å²) in [4.78, 5) is 23.0. The molecular formula is C25H24F3N4O2U-. The van der Waals surface area contributed by atoms with Crippen molar-refractivity contribution >= 4 is 17.7 Å². The predicted molar refractivity (Wildman–Crippen MR) is 126 cm³/mol. The van der Waals surface area contributed by atoms with Gasteiger partial charge in [-0.05, 0) is 59.8 Å². The van der Waals surface area contributed by atoms with Crippen molar-refractivity contribution in [1.82, 2.24) is 9.55 Å². The SMILES string of the molecule is C=C(N=[C-]c1ccc(=O)n(Cc2ccnc(N(C)CCC)c2)c1)c1ccc(OC(F)(F)F)cc1.[U]. The van der Waals surface area contributed by atoms with Crippen LogP contribution in [0.1, 0.15) is 30.0 Å². The predicted octanol–water partition coefficient (Wildman–Crippen LogP) is 5.00. The minimum Gasteiger partial charge on any atom is -0.406 e. The number of pyridine rings is 2. The standard InChI is InChI=1S/C25H24F3N4O2.U/c1-4-13-31(3)23-14-19(11-12-29-23)16-32-17-20(5-10-24(32)33)15-30-18(2)21-6-8-22(9-7-21)34-25(26,27)28;/h5-12,14,17H,2,4,13,16H2,1,3H3;/q-1;. The van der Waals surface area contributed by atoms with Gasteiger partial charge in [0.2, 0.25) is 5.56 Å². The van der Waals surface area contributed by atoms with Gasteiger partial charge < -0.3 is 19.2 Å². The molecule has 0 aliphatic heterocycles. The fourth-order valence-electron chi connectivity index (χ4n) is 3.18. The third-order valence-electron chi connectivity index (χ3n) is 4.84. The van der Waals surface area contributed by atoms with Crippen molar-refractivity contribution in [2.24, 2.45) is 4.99 Å². The molecule has 2 aromatic heterocycles. The summed E-state index contributed by atoms with van der Waals surface area (Å²) in [5.74, 6) is 0.504. The minimum atomic E-state index is -4.75. The molecule has 0 atom stereocenters. The van der Waals surface area contributed by atoms with Crippen molar-refractivity contribution < 1.29 is 49.0 Å². The first-order valence-electron chi connectivity index (χ1n) is 10.5. The number of benzene rings is 1. The summed E-state index contributed by atoms with van der Waals surface area (Å²) >= 11 is 0. The first-order valence-corrected chi connectivity index (χ1v) is 10.5. The van der Waals surface area contributed by atoms with Gasteiger partial charge in [-0.1, -0.05) is 25.3 Å². The number of hydrogen-bond donors (Lipinski definition) is 0. The Labute approximate surface area is 225 Å². The maximum Gasteiger partial charge on any atom is 0.573 e. The van der Waals surface area contributed by atoms with Crippen LogP contribution in [-0.2, 0) is 6.54 Å². The summed E-state index contributed by atoms with van der Waals surface area (Å²) in [5, 5.41) is 0. The maximum absolute atomic E-state index is 12.4. The van der Waals surface area contributed by atoms with Gasteiger partial charge >= 0.3 is 6.36 Å². The van der Waals surface area contributed by atoms with Crippen molar-refractivity contribution in [1.29, 1.82) is 0 Å². The molecule has 2 heterocycles. The second kappa shape index (κ2) is 12.8. The molecule has 0 aliphatic carbocycles. The normalized spacial score (nSPS) is 11.2. The Balaban J connectivity index is 0.00000432. The number of alkyl halides is 3. The summed E-state index contributed by atoms with van der Waals surface area (Å²) in [5.41, 5.74) is 2.11. The fraction of sp³-hybridized carbons (Fsp3) is 0.240. The Morgan fingerprint density at radius 3 is 2.57 bits per heavy atom. The van der Waals surface area contributed by atoms with Crippen molar-refractivity contribution in [2.75, 3.05) is 18.5 Å². The van der Waals surface area contributed by atoms with Gasteiger partial charge in [0.1, 0.15) is 11.6 Å². The topological polar surface area (TPSA) is 59.7 Å².